The molecule has 2 heterocycles. The Balaban J connectivity index is 1.76. The molecule has 2 saturated heterocycles. The average molecular weight is 529 g/mol. The van der Waals surface area contributed by atoms with Gasteiger partial charge in [0.05, 0.1) is 37.1 Å². The highest BCUT2D eigenvalue weighted by Crippen LogP contribution is 2.48. The van der Waals surface area contributed by atoms with Gasteiger partial charge in [0.15, 0.2) is 0 Å². The highest BCUT2D eigenvalue weighted by molar-refractivity contribution is 6.68. The fourth-order valence-electron chi connectivity index (χ4n) is 4.34. The molecule has 1 amide bonds. The van der Waals surface area contributed by atoms with Gasteiger partial charge in [-0.2, -0.15) is 0 Å². The summed E-state index contributed by atoms with van der Waals surface area (Å²) in [5.74, 6) is -4.31. The first-order chi connectivity index (χ1) is 16.4. The van der Waals surface area contributed by atoms with Crippen molar-refractivity contribution in [3.05, 3.63) is 33.8 Å². The van der Waals surface area contributed by atoms with Gasteiger partial charge in [-0.15, -0.1) is 0 Å². The molecule has 0 saturated carbocycles. The Bertz CT molecular complexity index is 1070. The van der Waals surface area contributed by atoms with Crippen molar-refractivity contribution in [2.45, 2.75) is 50.9 Å². The van der Waals surface area contributed by atoms with Crippen LogP contribution in [-0.2, 0) is 37.9 Å². The van der Waals surface area contributed by atoms with Crippen LogP contribution in [0.2, 0.25) is 15.9 Å². The monoisotopic (exact) mass is 528 g/mol. The second-order valence-electron chi connectivity index (χ2n) is 9.07. The quantitative estimate of drug-likeness (QED) is 0.359. The van der Waals surface area contributed by atoms with Crippen LogP contribution >= 0.6 is 23.2 Å². The summed E-state index contributed by atoms with van der Waals surface area (Å²) >= 11 is 11.9. The minimum Gasteiger partial charge on any atom is -0.633 e. The van der Waals surface area contributed by atoms with E-state index in [1.165, 1.54) is 18.2 Å². The molecule has 10 nitrogen and oxygen atoms in total. The lowest BCUT2D eigenvalue weighted by molar-refractivity contribution is -0.161. The van der Waals surface area contributed by atoms with Crippen molar-refractivity contribution in [2.24, 2.45) is 5.92 Å². The van der Waals surface area contributed by atoms with E-state index in [0.717, 1.165) is 7.11 Å². The predicted molar refractivity (Wildman–Crippen MR) is 125 cm³/mol. The first kappa shape index (κ1) is 27.0. The molecule has 3 rings (SSSR count). The van der Waals surface area contributed by atoms with Gasteiger partial charge in [0, 0.05) is 5.02 Å². The second-order valence-corrected chi connectivity index (χ2v) is 9.92. The van der Waals surface area contributed by atoms with Gasteiger partial charge in [0.2, 0.25) is 0 Å². The minimum atomic E-state index is -3.01. The van der Waals surface area contributed by atoms with Crippen LogP contribution < -0.4 is 5.32 Å². The summed E-state index contributed by atoms with van der Waals surface area (Å²) in [7, 11) is 1.14. The molecular weight excluding hydrogens is 504 g/mol. The molecule has 3 atom stereocenters. The molecule has 2 fully saturated rings. The molecule has 0 aliphatic carbocycles. The van der Waals surface area contributed by atoms with Gasteiger partial charge in [-0.1, -0.05) is 49.3 Å². The van der Waals surface area contributed by atoms with Crippen LogP contribution in [0.1, 0.15) is 49.9 Å². The lowest BCUT2D eigenvalue weighted by Gasteiger charge is -2.46. The average Bonchev–Trinajstić information content (AvgIpc) is 2.98. The summed E-state index contributed by atoms with van der Waals surface area (Å²) in [6.07, 6.45) is -0.964. The summed E-state index contributed by atoms with van der Waals surface area (Å²) in [5.41, 5.74) is -1.76. The molecule has 35 heavy (non-hydrogen) atoms. The van der Waals surface area contributed by atoms with Gasteiger partial charge in [-0.25, -0.2) is 0 Å². The Kier molecular flexibility index (Phi) is 8.13. The van der Waals surface area contributed by atoms with Crippen LogP contribution in [0.4, 0.5) is 0 Å². The van der Waals surface area contributed by atoms with Crippen LogP contribution in [-0.4, -0.2) is 55.6 Å². The zero-order chi connectivity index (χ0) is 26.0. The maximum absolute atomic E-state index is 12.8. The van der Waals surface area contributed by atoms with Gasteiger partial charge in [-0.05, 0) is 30.5 Å². The molecule has 0 aromatic heterocycles. The molecule has 1 aromatic carbocycles. The van der Waals surface area contributed by atoms with Crippen molar-refractivity contribution in [2.75, 3.05) is 13.7 Å². The van der Waals surface area contributed by atoms with E-state index in [2.05, 4.69) is 10.1 Å². The largest absolute Gasteiger partial charge is 0.633 e. The molecule has 2 aliphatic heterocycles. The van der Waals surface area contributed by atoms with E-state index in [4.69, 9.17) is 37.2 Å². The first-order valence-electron chi connectivity index (χ1n) is 11.0. The fourth-order valence-corrected chi connectivity index (χ4v) is 4.72. The van der Waals surface area contributed by atoms with Gasteiger partial charge in [0.25, 0.3) is 17.8 Å². The number of amides is 1. The molecule has 2 aliphatic rings. The lowest BCUT2D eigenvalue weighted by atomic mass is 9.57. The van der Waals surface area contributed by atoms with E-state index in [0.29, 0.717) is 11.4 Å². The number of methoxy groups -OCH3 is 1. The van der Waals surface area contributed by atoms with Crippen LogP contribution in [0.3, 0.4) is 0 Å². The number of hydrogen-bond donors (Lipinski definition) is 1. The van der Waals surface area contributed by atoms with Crippen molar-refractivity contribution >= 4 is 59.6 Å². The summed E-state index contributed by atoms with van der Waals surface area (Å²) in [4.78, 5) is 62.4. The standard InChI is InChI=1S/C22H25BCl2NO9/c1-12(2)6-13(7-15(27)11-26-20(30)16-8-14(24)4-5-17(16)25)23-33-19(29)10-22(35-23,21(31)34-23)9-18(28)32-3/h4-5,8,12-13H,6-7,9-11H2,1-3H3,(H,26,30)/q-1/t13?,22-,23?/m1/s1. The Morgan fingerprint density at radius 1 is 1.20 bits per heavy atom. The molecule has 0 radical (unpaired) electrons. The number of carbonyl (C=O) groups excluding carboxylic acids is 5. The van der Waals surface area contributed by atoms with Crippen molar-refractivity contribution in [1.82, 2.24) is 5.32 Å². The zero-order valence-corrected chi connectivity index (χ0v) is 20.9. The maximum atomic E-state index is 12.8. The van der Waals surface area contributed by atoms with Crippen LogP contribution in [0.15, 0.2) is 18.2 Å². The molecule has 13 heteroatoms. The molecule has 1 aromatic rings. The molecule has 0 spiro atoms. The Hall–Kier alpha value is -2.63. The lowest BCUT2D eigenvalue weighted by Crippen LogP contribution is -2.55. The number of hydrogen-bond acceptors (Lipinski definition) is 9. The van der Waals surface area contributed by atoms with E-state index in [-0.39, 0.29) is 29.5 Å². The van der Waals surface area contributed by atoms with Gasteiger partial charge in [-0.3, -0.25) is 24.0 Å². The minimum absolute atomic E-state index is 0.00226. The number of ether oxygens (including phenoxy) is 1. The second kappa shape index (κ2) is 10.6. The van der Waals surface area contributed by atoms with E-state index < -0.39 is 60.6 Å². The predicted octanol–water partition coefficient (Wildman–Crippen LogP) is 2.86. The number of rotatable bonds is 10. The number of ketones is 1. The van der Waals surface area contributed by atoms with E-state index in [9.17, 15) is 24.0 Å². The number of Topliss-reactive ketones (excluding diaryl/α,β-unsaturated/α-hetero) is 1. The van der Waals surface area contributed by atoms with Crippen LogP contribution in [0.5, 0.6) is 0 Å². The molecule has 190 valence electrons. The van der Waals surface area contributed by atoms with Gasteiger partial charge < -0.3 is 24.0 Å². The van der Waals surface area contributed by atoms with Crippen LogP contribution in [0, 0.1) is 5.92 Å². The van der Waals surface area contributed by atoms with Crippen molar-refractivity contribution in [3.8, 4) is 0 Å². The van der Waals surface area contributed by atoms with E-state index >= 15 is 0 Å². The highest BCUT2D eigenvalue weighted by atomic mass is 35.5. The molecule has 2 bridgehead atoms. The van der Waals surface area contributed by atoms with Crippen LogP contribution in [0.25, 0.3) is 0 Å². The number of halogens is 2. The Labute approximate surface area is 211 Å². The normalized spacial score (nSPS) is 23.9. The topological polar surface area (TPSA) is 134 Å². The van der Waals surface area contributed by atoms with Gasteiger partial charge in [0.1, 0.15) is 11.4 Å². The Morgan fingerprint density at radius 2 is 1.91 bits per heavy atom. The highest BCUT2D eigenvalue weighted by Gasteiger charge is 2.64. The van der Waals surface area contributed by atoms with E-state index in [1.54, 1.807) is 0 Å². The molecule has 2 unspecified atom stereocenters. The third-order valence-electron chi connectivity index (χ3n) is 5.88. The third kappa shape index (κ3) is 5.96. The summed E-state index contributed by atoms with van der Waals surface area (Å²) < 4.78 is 21.4. The number of fused-ring (bicyclic) bond motifs is 2. The van der Waals surface area contributed by atoms with E-state index in [1.807, 2.05) is 13.8 Å². The first-order valence-corrected chi connectivity index (χ1v) is 11.8. The number of carbonyl (C=O) groups is 5. The SMILES string of the molecule is COC(=O)C[C@@]12CC(=O)O[B-](C(CC(=O)CNC(=O)c3cc(Cl)ccc3Cl)CC(C)C)(OC1=O)O2. The summed E-state index contributed by atoms with van der Waals surface area (Å²) in [5, 5.41) is 2.96. The fraction of sp³-hybridized carbons (Fsp3) is 0.500. The third-order valence-corrected chi connectivity index (χ3v) is 6.44. The molecule has 1 N–H and O–H groups in total. The van der Waals surface area contributed by atoms with Crippen molar-refractivity contribution in [1.29, 1.82) is 0 Å². The Morgan fingerprint density at radius 3 is 2.57 bits per heavy atom. The maximum Gasteiger partial charge on any atom is 0.499 e. The number of esters is 1. The molecular formula is C22H25BCl2NO9-. The number of nitrogens with one attached hydrogen (secondary N) is 1. The van der Waals surface area contributed by atoms with Crippen molar-refractivity contribution in [3.63, 3.8) is 0 Å². The number of benzene rings is 1. The summed E-state index contributed by atoms with van der Waals surface area (Å²) in [6, 6.07) is 4.37. The van der Waals surface area contributed by atoms with Gasteiger partial charge >= 0.3 is 12.7 Å². The zero-order valence-electron chi connectivity index (χ0n) is 19.4. The van der Waals surface area contributed by atoms with Crippen molar-refractivity contribution < 1.29 is 42.7 Å². The smallest absolute Gasteiger partial charge is 0.499 e. The summed E-state index contributed by atoms with van der Waals surface area (Å²) in [6.45, 7) is 0.374.